The van der Waals surface area contributed by atoms with Crippen molar-refractivity contribution in [2.24, 2.45) is 0 Å². The highest BCUT2D eigenvalue weighted by Crippen LogP contribution is 2.31. The molecule has 0 bridgehead atoms. The lowest BCUT2D eigenvalue weighted by Gasteiger charge is -2.29. The van der Waals surface area contributed by atoms with E-state index in [1.54, 1.807) is 6.20 Å². The third kappa shape index (κ3) is 2.80. The molecule has 0 saturated heterocycles. The Morgan fingerprint density at radius 2 is 1.88 bits per heavy atom. The lowest BCUT2D eigenvalue weighted by Crippen LogP contribution is -2.26. The van der Waals surface area contributed by atoms with E-state index in [-0.39, 0.29) is 0 Å². The Balaban J connectivity index is 1.65. The largest absolute Gasteiger partial charge is 0.339 e. The van der Waals surface area contributed by atoms with Gasteiger partial charge in [0.25, 0.3) is 5.95 Å². The maximum absolute atomic E-state index is 4.67. The molecule has 1 aliphatic rings. The summed E-state index contributed by atoms with van der Waals surface area (Å²) in [6, 6.07) is 16.6. The maximum Gasteiger partial charge on any atom is 0.251 e. The molecule has 0 saturated carbocycles. The highest BCUT2D eigenvalue weighted by Gasteiger charge is 2.20. The minimum absolute atomic E-state index is 0.640. The normalized spacial score (nSPS) is 13.5. The molecule has 1 aromatic heterocycles. The van der Waals surface area contributed by atoms with Gasteiger partial charge in [0.05, 0.1) is 6.20 Å². The lowest BCUT2D eigenvalue weighted by molar-refractivity contribution is 0.742. The molecule has 1 aliphatic heterocycles. The minimum Gasteiger partial charge on any atom is -0.339 e. The molecule has 0 amide bonds. The Labute approximate surface area is 141 Å². The summed E-state index contributed by atoms with van der Waals surface area (Å²) in [5.74, 6) is 1.35. The fraction of sp³-hybridized carbons (Fsp3) is 0.211. The summed E-state index contributed by atoms with van der Waals surface area (Å²) >= 11 is 0. The van der Waals surface area contributed by atoms with E-state index in [1.165, 1.54) is 16.8 Å². The van der Waals surface area contributed by atoms with Crippen LogP contribution in [0.15, 0.2) is 54.7 Å². The fourth-order valence-corrected chi connectivity index (χ4v) is 3.06. The van der Waals surface area contributed by atoms with Gasteiger partial charge in [-0.25, -0.2) is 0 Å². The van der Waals surface area contributed by atoms with Crippen molar-refractivity contribution in [2.75, 3.05) is 16.8 Å². The molecule has 0 spiro atoms. The van der Waals surface area contributed by atoms with Crippen LogP contribution in [0, 0.1) is 6.92 Å². The van der Waals surface area contributed by atoms with Crippen molar-refractivity contribution in [2.45, 2.75) is 19.8 Å². The van der Waals surface area contributed by atoms with Gasteiger partial charge in [0.1, 0.15) is 0 Å². The van der Waals surface area contributed by atoms with Crippen LogP contribution in [0.25, 0.3) is 0 Å². The number of rotatable bonds is 3. The SMILES string of the molecule is Cc1ccccc1Nc1cnnc(N2CCCc3ccccc32)n1. The van der Waals surface area contributed by atoms with Crippen LogP contribution in [0.4, 0.5) is 23.1 Å². The molecular formula is C19H19N5. The molecule has 4 rings (SSSR count). The molecule has 3 aromatic rings. The molecule has 24 heavy (non-hydrogen) atoms. The molecule has 0 aliphatic carbocycles. The molecule has 0 unspecified atom stereocenters. The van der Waals surface area contributed by atoms with E-state index in [4.69, 9.17) is 0 Å². The average molecular weight is 317 g/mol. The van der Waals surface area contributed by atoms with E-state index in [0.717, 1.165) is 25.1 Å². The van der Waals surface area contributed by atoms with Gasteiger partial charge in [0.2, 0.25) is 0 Å². The quantitative estimate of drug-likeness (QED) is 0.791. The van der Waals surface area contributed by atoms with Crippen molar-refractivity contribution >= 4 is 23.1 Å². The van der Waals surface area contributed by atoms with Crippen LogP contribution in [0.3, 0.4) is 0 Å². The van der Waals surface area contributed by atoms with Crippen LogP contribution in [-0.4, -0.2) is 21.7 Å². The van der Waals surface area contributed by atoms with Gasteiger partial charge in [-0.2, -0.15) is 10.1 Å². The van der Waals surface area contributed by atoms with Crippen molar-refractivity contribution in [3.05, 3.63) is 65.9 Å². The summed E-state index contributed by atoms with van der Waals surface area (Å²) in [4.78, 5) is 6.82. The summed E-state index contributed by atoms with van der Waals surface area (Å²) < 4.78 is 0. The highest BCUT2D eigenvalue weighted by atomic mass is 15.3. The predicted molar refractivity (Wildman–Crippen MR) is 96.1 cm³/mol. The Kier molecular flexibility index (Phi) is 3.83. The monoisotopic (exact) mass is 317 g/mol. The van der Waals surface area contributed by atoms with Crippen molar-refractivity contribution < 1.29 is 0 Å². The molecule has 2 aromatic carbocycles. The van der Waals surface area contributed by atoms with Gasteiger partial charge in [0.15, 0.2) is 5.82 Å². The van der Waals surface area contributed by atoms with Gasteiger partial charge < -0.3 is 10.2 Å². The molecular weight excluding hydrogens is 298 g/mol. The second-order valence-electron chi connectivity index (χ2n) is 5.97. The van der Waals surface area contributed by atoms with Crippen molar-refractivity contribution in [1.29, 1.82) is 0 Å². The second-order valence-corrected chi connectivity index (χ2v) is 5.97. The second kappa shape index (κ2) is 6.28. The first-order valence-corrected chi connectivity index (χ1v) is 8.19. The summed E-state index contributed by atoms with van der Waals surface area (Å²) in [5, 5.41) is 11.7. The molecule has 0 atom stereocenters. The number of nitrogens with one attached hydrogen (secondary N) is 1. The van der Waals surface area contributed by atoms with Crippen LogP contribution < -0.4 is 10.2 Å². The Bertz CT molecular complexity index is 862. The summed E-state index contributed by atoms with van der Waals surface area (Å²) in [6.07, 6.45) is 3.85. The molecule has 120 valence electrons. The maximum atomic E-state index is 4.67. The Morgan fingerprint density at radius 1 is 1.04 bits per heavy atom. The first-order chi connectivity index (χ1) is 11.8. The fourth-order valence-electron chi connectivity index (χ4n) is 3.06. The van der Waals surface area contributed by atoms with E-state index in [9.17, 15) is 0 Å². The smallest absolute Gasteiger partial charge is 0.251 e. The summed E-state index contributed by atoms with van der Waals surface area (Å²) in [6.45, 7) is 2.98. The number of hydrogen-bond acceptors (Lipinski definition) is 5. The molecule has 0 radical (unpaired) electrons. The number of para-hydroxylation sites is 2. The first kappa shape index (κ1) is 14.6. The zero-order valence-corrected chi connectivity index (χ0v) is 13.6. The van der Waals surface area contributed by atoms with Crippen molar-refractivity contribution in [3.63, 3.8) is 0 Å². The molecule has 5 nitrogen and oxygen atoms in total. The number of nitrogens with zero attached hydrogens (tertiary/aromatic N) is 4. The summed E-state index contributed by atoms with van der Waals surface area (Å²) in [7, 11) is 0. The van der Waals surface area contributed by atoms with Crippen LogP contribution in [0.2, 0.25) is 0 Å². The van der Waals surface area contributed by atoms with Crippen LogP contribution in [0.5, 0.6) is 0 Å². The van der Waals surface area contributed by atoms with Gasteiger partial charge in [-0.3, -0.25) is 0 Å². The predicted octanol–water partition coefficient (Wildman–Crippen LogP) is 4.01. The average Bonchev–Trinajstić information content (AvgIpc) is 2.63. The lowest BCUT2D eigenvalue weighted by atomic mass is 10.0. The number of benzene rings is 2. The number of hydrogen-bond donors (Lipinski definition) is 1. The van der Waals surface area contributed by atoms with E-state index in [1.807, 2.05) is 18.2 Å². The minimum atomic E-state index is 0.640. The van der Waals surface area contributed by atoms with Crippen LogP contribution in [-0.2, 0) is 6.42 Å². The van der Waals surface area contributed by atoms with Gasteiger partial charge in [-0.05, 0) is 43.0 Å². The number of aromatic nitrogens is 3. The highest BCUT2D eigenvalue weighted by molar-refractivity contribution is 5.65. The van der Waals surface area contributed by atoms with Gasteiger partial charge >= 0.3 is 0 Å². The van der Waals surface area contributed by atoms with Crippen molar-refractivity contribution in [1.82, 2.24) is 15.2 Å². The standard InChI is InChI=1S/C19H19N5/c1-14-7-2-4-10-16(14)21-18-13-20-23-19(22-18)24-12-6-9-15-8-3-5-11-17(15)24/h2-5,7-8,10-11,13H,6,9,12H2,1H3,(H,21,22,23). The number of fused-ring (bicyclic) bond motifs is 1. The topological polar surface area (TPSA) is 53.9 Å². The number of aryl methyl sites for hydroxylation is 2. The Hall–Kier alpha value is -2.95. The molecule has 1 N–H and O–H groups in total. The number of anilines is 4. The van der Waals surface area contributed by atoms with E-state index >= 15 is 0 Å². The molecule has 0 fully saturated rings. The third-order valence-corrected chi connectivity index (χ3v) is 4.31. The van der Waals surface area contributed by atoms with E-state index in [2.05, 4.69) is 62.7 Å². The van der Waals surface area contributed by atoms with Gasteiger partial charge in [-0.1, -0.05) is 36.4 Å². The molecule has 2 heterocycles. The van der Waals surface area contributed by atoms with E-state index < -0.39 is 0 Å². The zero-order chi connectivity index (χ0) is 16.4. The third-order valence-electron chi connectivity index (χ3n) is 4.31. The van der Waals surface area contributed by atoms with Gasteiger partial charge in [-0.15, -0.1) is 5.10 Å². The van der Waals surface area contributed by atoms with Crippen LogP contribution >= 0.6 is 0 Å². The molecule has 5 heteroatoms. The summed E-state index contributed by atoms with van der Waals surface area (Å²) in [5.41, 5.74) is 4.71. The van der Waals surface area contributed by atoms with Crippen molar-refractivity contribution in [3.8, 4) is 0 Å². The Morgan fingerprint density at radius 3 is 2.79 bits per heavy atom. The van der Waals surface area contributed by atoms with Gasteiger partial charge in [0, 0.05) is 17.9 Å². The van der Waals surface area contributed by atoms with Crippen LogP contribution in [0.1, 0.15) is 17.5 Å². The first-order valence-electron chi connectivity index (χ1n) is 8.19. The zero-order valence-electron chi connectivity index (χ0n) is 13.6. The van der Waals surface area contributed by atoms with E-state index in [0.29, 0.717) is 11.8 Å².